The SMILES string of the molecule is Cc1ccc(S(=O)(=O)Oc2cc(CO)n(C(=O)OCc3ccccc3)c2)cc1. The van der Waals surface area contributed by atoms with Gasteiger partial charge in [-0.1, -0.05) is 48.0 Å². The maximum atomic E-state index is 12.4. The molecule has 0 amide bonds. The van der Waals surface area contributed by atoms with Crippen LogP contribution in [-0.2, 0) is 28.1 Å². The highest BCUT2D eigenvalue weighted by molar-refractivity contribution is 7.87. The second-order valence-corrected chi connectivity index (χ2v) is 7.63. The number of carbonyl (C=O) groups is 1. The number of aliphatic hydroxyl groups is 1. The number of hydrogen-bond donors (Lipinski definition) is 1. The first kappa shape index (κ1) is 19.7. The Morgan fingerprint density at radius 3 is 2.39 bits per heavy atom. The van der Waals surface area contributed by atoms with Crippen LogP contribution in [0.3, 0.4) is 0 Å². The number of aromatic nitrogens is 1. The van der Waals surface area contributed by atoms with Crippen molar-refractivity contribution < 1.29 is 27.2 Å². The average molecular weight is 401 g/mol. The van der Waals surface area contributed by atoms with Crippen LogP contribution in [0, 0.1) is 6.92 Å². The van der Waals surface area contributed by atoms with Gasteiger partial charge in [-0.2, -0.15) is 8.42 Å². The van der Waals surface area contributed by atoms with Crippen LogP contribution < -0.4 is 4.18 Å². The molecule has 146 valence electrons. The van der Waals surface area contributed by atoms with E-state index < -0.39 is 22.8 Å². The van der Waals surface area contributed by atoms with Gasteiger partial charge in [-0.05, 0) is 24.6 Å². The molecule has 8 heteroatoms. The molecule has 1 heterocycles. The third-order valence-electron chi connectivity index (χ3n) is 3.95. The summed E-state index contributed by atoms with van der Waals surface area (Å²) in [5, 5.41) is 9.48. The summed E-state index contributed by atoms with van der Waals surface area (Å²) in [5.41, 5.74) is 1.85. The van der Waals surface area contributed by atoms with Crippen molar-refractivity contribution in [1.29, 1.82) is 0 Å². The van der Waals surface area contributed by atoms with E-state index in [0.717, 1.165) is 15.7 Å². The lowest BCUT2D eigenvalue weighted by atomic mass is 10.2. The minimum atomic E-state index is -4.07. The molecule has 7 nitrogen and oxygen atoms in total. The fourth-order valence-electron chi connectivity index (χ4n) is 2.49. The monoisotopic (exact) mass is 401 g/mol. The van der Waals surface area contributed by atoms with Crippen molar-refractivity contribution in [2.24, 2.45) is 0 Å². The molecule has 0 aliphatic carbocycles. The van der Waals surface area contributed by atoms with Crippen LogP contribution in [-0.4, -0.2) is 24.2 Å². The van der Waals surface area contributed by atoms with Gasteiger partial charge in [0.05, 0.1) is 18.5 Å². The van der Waals surface area contributed by atoms with Gasteiger partial charge in [-0.25, -0.2) is 4.79 Å². The summed E-state index contributed by atoms with van der Waals surface area (Å²) in [6, 6.07) is 16.5. The standard InChI is InChI=1S/C20H19NO6S/c1-15-7-9-19(10-8-15)28(24,25)27-18-11-17(13-22)21(12-18)20(23)26-14-16-5-3-2-4-6-16/h2-12,22H,13-14H2,1H3. The van der Waals surface area contributed by atoms with E-state index in [1.165, 1.54) is 24.4 Å². The topological polar surface area (TPSA) is 94.8 Å². The first-order valence-corrected chi connectivity index (χ1v) is 9.84. The van der Waals surface area contributed by atoms with Crippen molar-refractivity contribution in [3.8, 4) is 5.75 Å². The highest BCUT2D eigenvalue weighted by Gasteiger charge is 2.20. The third-order valence-corrected chi connectivity index (χ3v) is 5.22. The summed E-state index contributed by atoms with van der Waals surface area (Å²) in [6.45, 7) is 1.39. The summed E-state index contributed by atoms with van der Waals surface area (Å²) < 4.78 is 36.1. The number of aryl methyl sites for hydroxylation is 1. The van der Waals surface area contributed by atoms with Gasteiger partial charge in [-0.15, -0.1) is 0 Å². The Balaban J connectivity index is 1.76. The highest BCUT2D eigenvalue weighted by Crippen LogP contribution is 2.22. The molecule has 2 aromatic carbocycles. The van der Waals surface area contributed by atoms with Gasteiger partial charge in [0.15, 0.2) is 5.75 Å². The van der Waals surface area contributed by atoms with Crippen molar-refractivity contribution in [2.45, 2.75) is 25.0 Å². The zero-order valence-electron chi connectivity index (χ0n) is 15.1. The maximum absolute atomic E-state index is 12.4. The fraction of sp³-hybridized carbons (Fsp3) is 0.150. The second-order valence-electron chi connectivity index (χ2n) is 6.09. The molecule has 0 aliphatic rings. The fourth-order valence-corrected chi connectivity index (χ4v) is 3.40. The number of benzene rings is 2. The first-order valence-electron chi connectivity index (χ1n) is 8.43. The normalized spacial score (nSPS) is 11.2. The number of ether oxygens (including phenoxy) is 1. The molecule has 0 spiro atoms. The summed E-state index contributed by atoms with van der Waals surface area (Å²) in [5.74, 6) is -0.0960. The number of rotatable bonds is 6. The van der Waals surface area contributed by atoms with E-state index in [1.54, 1.807) is 24.3 Å². The van der Waals surface area contributed by atoms with Gasteiger partial charge in [0.1, 0.15) is 11.5 Å². The molecule has 0 bridgehead atoms. The molecule has 3 rings (SSSR count). The molecule has 3 aromatic rings. The average Bonchev–Trinajstić information content (AvgIpc) is 3.09. The number of hydrogen-bond acceptors (Lipinski definition) is 6. The first-order chi connectivity index (χ1) is 13.4. The van der Waals surface area contributed by atoms with E-state index in [9.17, 15) is 18.3 Å². The van der Waals surface area contributed by atoms with Crippen LogP contribution >= 0.6 is 0 Å². The maximum Gasteiger partial charge on any atom is 0.418 e. The number of nitrogens with zero attached hydrogens (tertiary/aromatic N) is 1. The molecule has 0 aliphatic heterocycles. The molecule has 0 fully saturated rings. The Morgan fingerprint density at radius 2 is 1.75 bits per heavy atom. The predicted molar refractivity (Wildman–Crippen MR) is 101 cm³/mol. The molecular formula is C20H19NO6S. The van der Waals surface area contributed by atoms with E-state index in [4.69, 9.17) is 8.92 Å². The van der Waals surface area contributed by atoms with Crippen LogP contribution in [0.5, 0.6) is 5.75 Å². The van der Waals surface area contributed by atoms with Gasteiger partial charge in [0.2, 0.25) is 0 Å². The van der Waals surface area contributed by atoms with Gasteiger partial charge >= 0.3 is 16.2 Å². The van der Waals surface area contributed by atoms with Crippen molar-refractivity contribution in [3.63, 3.8) is 0 Å². The highest BCUT2D eigenvalue weighted by atomic mass is 32.2. The lowest BCUT2D eigenvalue weighted by Gasteiger charge is -2.07. The Morgan fingerprint density at radius 1 is 1.07 bits per heavy atom. The summed E-state index contributed by atoms with van der Waals surface area (Å²) in [4.78, 5) is 12.3. The molecule has 0 unspecified atom stereocenters. The minimum absolute atomic E-state index is 0.0111. The van der Waals surface area contributed by atoms with Crippen LogP contribution in [0.25, 0.3) is 0 Å². The molecule has 0 atom stereocenters. The smallest absolute Gasteiger partial charge is 0.418 e. The van der Waals surface area contributed by atoms with Crippen molar-refractivity contribution in [2.75, 3.05) is 0 Å². The van der Waals surface area contributed by atoms with Gasteiger partial charge < -0.3 is 14.0 Å². The molecule has 1 aromatic heterocycles. The molecular weight excluding hydrogens is 382 g/mol. The van der Waals surface area contributed by atoms with E-state index in [2.05, 4.69) is 0 Å². The van der Waals surface area contributed by atoms with Crippen LogP contribution in [0.15, 0.2) is 71.8 Å². The van der Waals surface area contributed by atoms with Gasteiger partial charge in [0, 0.05) is 6.07 Å². The quantitative estimate of drug-likeness (QED) is 0.637. The Kier molecular flexibility index (Phi) is 5.81. The Labute approximate surface area is 162 Å². The van der Waals surface area contributed by atoms with E-state index >= 15 is 0 Å². The van der Waals surface area contributed by atoms with Gasteiger partial charge in [-0.3, -0.25) is 4.57 Å². The predicted octanol–water partition coefficient (Wildman–Crippen LogP) is 3.24. The van der Waals surface area contributed by atoms with E-state index in [0.29, 0.717) is 0 Å². The zero-order valence-corrected chi connectivity index (χ0v) is 15.9. The largest absolute Gasteiger partial charge is 0.444 e. The lowest BCUT2D eigenvalue weighted by molar-refractivity contribution is 0.138. The van der Waals surface area contributed by atoms with E-state index in [1.807, 2.05) is 25.1 Å². The van der Waals surface area contributed by atoms with Crippen molar-refractivity contribution in [3.05, 3.63) is 83.7 Å². The minimum Gasteiger partial charge on any atom is -0.444 e. The summed E-state index contributed by atoms with van der Waals surface area (Å²) in [7, 11) is -4.07. The third kappa shape index (κ3) is 4.59. The molecule has 0 radical (unpaired) electrons. The molecule has 0 saturated carbocycles. The van der Waals surface area contributed by atoms with Crippen LogP contribution in [0.1, 0.15) is 16.8 Å². The number of aliphatic hydroxyl groups excluding tert-OH is 1. The van der Waals surface area contributed by atoms with Crippen molar-refractivity contribution >= 4 is 16.2 Å². The lowest BCUT2D eigenvalue weighted by Crippen LogP contribution is -2.15. The van der Waals surface area contributed by atoms with Crippen LogP contribution in [0.2, 0.25) is 0 Å². The molecule has 0 saturated heterocycles. The summed E-state index contributed by atoms with van der Waals surface area (Å²) >= 11 is 0. The van der Waals surface area contributed by atoms with Crippen molar-refractivity contribution in [1.82, 2.24) is 4.57 Å². The molecule has 28 heavy (non-hydrogen) atoms. The second kappa shape index (κ2) is 8.28. The Hall–Kier alpha value is -3.10. The number of carbonyl (C=O) groups excluding carboxylic acids is 1. The summed E-state index contributed by atoms with van der Waals surface area (Å²) in [6.07, 6.45) is 0.417. The molecule has 1 N–H and O–H groups in total. The zero-order chi connectivity index (χ0) is 20.1. The Bertz CT molecular complexity index is 1060. The van der Waals surface area contributed by atoms with Gasteiger partial charge in [0.25, 0.3) is 0 Å². The van der Waals surface area contributed by atoms with Crippen LogP contribution in [0.4, 0.5) is 4.79 Å². The van der Waals surface area contributed by atoms with E-state index in [-0.39, 0.29) is 22.9 Å².